The standard InChI is InChI=1S/C16H23NO2/c1-5-19-15(18)14-9-17-10-16(14,4)13-8-11(2)6-7-12(13)3/h6-8,14,17H,5,9-10H2,1-4H3. The lowest BCUT2D eigenvalue weighted by Crippen LogP contribution is -2.38. The van der Waals surface area contributed by atoms with Gasteiger partial charge in [0.1, 0.15) is 0 Å². The number of carbonyl (C=O) groups is 1. The van der Waals surface area contributed by atoms with Crippen LogP contribution in [0.2, 0.25) is 0 Å². The van der Waals surface area contributed by atoms with E-state index in [1.54, 1.807) is 0 Å². The van der Waals surface area contributed by atoms with Gasteiger partial charge in [0.05, 0.1) is 12.5 Å². The molecule has 0 radical (unpaired) electrons. The molecule has 0 bridgehead atoms. The third-order valence-electron chi connectivity index (χ3n) is 4.19. The highest BCUT2D eigenvalue weighted by atomic mass is 16.5. The summed E-state index contributed by atoms with van der Waals surface area (Å²) in [5, 5.41) is 3.35. The van der Waals surface area contributed by atoms with Crippen LogP contribution in [0, 0.1) is 19.8 Å². The van der Waals surface area contributed by atoms with Crippen molar-refractivity contribution in [2.24, 2.45) is 5.92 Å². The Bertz CT molecular complexity index is 484. The summed E-state index contributed by atoms with van der Waals surface area (Å²) in [6.45, 7) is 10.2. The fourth-order valence-electron chi connectivity index (χ4n) is 3.04. The van der Waals surface area contributed by atoms with E-state index in [0.29, 0.717) is 13.2 Å². The van der Waals surface area contributed by atoms with E-state index in [1.807, 2.05) is 6.92 Å². The molecule has 1 aliphatic heterocycles. The van der Waals surface area contributed by atoms with Crippen LogP contribution in [0.4, 0.5) is 0 Å². The monoisotopic (exact) mass is 261 g/mol. The van der Waals surface area contributed by atoms with E-state index >= 15 is 0 Å². The Morgan fingerprint density at radius 2 is 2.21 bits per heavy atom. The first-order valence-electron chi connectivity index (χ1n) is 6.94. The van der Waals surface area contributed by atoms with E-state index in [4.69, 9.17) is 4.74 Å². The van der Waals surface area contributed by atoms with E-state index < -0.39 is 0 Å². The van der Waals surface area contributed by atoms with Crippen molar-refractivity contribution in [1.82, 2.24) is 5.32 Å². The number of nitrogens with one attached hydrogen (secondary N) is 1. The van der Waals surface area contributed by atoms with Gasteiger partial charge in [0.2, 0.25) is 0 Å². The van der Waals surface area contributed by atoms with Gasteiger partial charge in [0, 0.05) is 18.5 Å². The van der Waals surface area contributed by atoms with Crippen LogP contribution < -0.4 is 5.32 Å². The first-order chi connectivity index (χ1) is 8.99. The fraction of sp³-hybridized carbons (Fsp3) is 0.562. The van der Waals surface area contributed by atoms with Crippen molar-refractivity contribution in [2.75, 3.05) is 19.7 Å². The number of ether oxygens (including phenoxy) is 1. The molecule has 0 aromatic heterocycles. The molecule has 1 N–H and O–H groups in total. The summed E-state index contributed by atoms with van der Waals surface area (Å²) in [5.74, 6) is -0.191. The van der Waals surface area contributed by atoms with Crippen LogP contribution in [0.3, 0.4) is 0 Å². The van der Waals surface area contributed by atoms with Crippen molar-refractivity contribution in [1.29, 1.82) is 0 Å². The predicted molar refractivity (Wildman–Crippen MR) is 76.3 cm³/mol. The van der Waals surface area contributed by atoms with Crippen LogP contribution in [0.5, 0.6) is 0 Å². The molecule has 0 aliphatic carbocycles. The zero-order chi connectivity index (χ0) is 14.0. The highest BCUT2D eigenvalue weighted by Gasteiger charge is 2.45. The average Bonchev–Trinajstić information content (AvgIpc) is 2.76. The first-order valence-corrected chi connectivity index (χ1v) is 6.94. The summed E-state index contributed by atoms with van der Waals surface area (Å²) < 4.78 is 5.23. The van der Waals surface area contributed by atoms with Gasteiger partial charge in [-0.2, -0.15) is 0 Å². The van der Waals surface area contributed by atoms with Gasteiger partial charge in [-0.3, -0.25) is 4.79 Å². The quantitative estimate of drug-likeness (QED) is 0.849. The van der Waals surface area contributed by atoms with E-state index in [-0.39, 0.29) is 17.3 Å². The van der Waals surface area contributed by atoms with Crippen molar-refractivity contribution in [3.8, 4) is 0 Å². The third-order valence-corrected chi connectivity index (χ3v) is 4.19. The van der Waals surface area contributed by atoms with Crippen LogP contribution >= 0.6 is 0 Å². The molecule has 1 fully saturated rings. The maximum atomic E-state index is 12.2. The van der Waals surface area contributed by atoms with Crippen molar-refractivity contribution >= 4 is 5.97 Å². The van der Waals surface area contributed by atoms with Crippen molar-refractivity contribution in [3.05, 3.63) is 34.9 Å². The van der Waals surface area contributed by atoms with Crippen LogP contribution in [0.25, 0.3) is 0 Å². The Morgan fingerprint density at radius 3 is 2.89 bits per heavy atom. The van der Waals surface area contributed by atoms with E-state index in [2.05, 4.69) is 44.3 Å². The van der Waals surface area contributed by atoms with Crippen molar-refractivity contribution in [2.45, 2.75) is 33.1 Å². The molecular formula is C16H23NO2. The van der Waals surface area contributed by atoms with Crippen LogP contribution in [0.1, 0.15) is 30.5 Å². The summed E-state index contributed by atoms with van der Waals surface area (Å²) in [5.41, 5.74) is 3.56. The fourth-order valence-corrected chi connectivity index (χ4v) is 3.04. The minimum atomic E-state index is -0.178. The Balaban J connectivity index is 2.39. The predicted octanol–water partition coefficient (Wildman–Crippen LogP) is 2.34. The van der Waals surface area contributed by atoms with E-state index in [1.165, 1.54) is 16.7 Å². The molecule has 19 heavy (non-hydrogen) atoms. The van der Waals surface area contributed by atoms with Crippen molar-refractivity contribution in [3.63, 3.8) is 0 Å². The van der Waals surface area contributed by atoms with Gasteiger partial charge in [-0.1, -0.05) is 30.7 Å². The Morgan fingerprint density at radius 1 is 1.47 bits per heavy atom. The van der Waals surface area contributed by atoms with Crippen LogP contribution in [-0.2, 0) is 14.9 Å². The van der Waals surface area contributed by atoms with Gasteiger partial charge >= 0.3 is 5.97 Å². The molecule has 2 unspecified atom stereocenters. The molecule has 1 saturated heterocycles. The highest BCUT2D eigenvalue weighted by molar-refractivity contribution is 5.76. The first kappa shape index (κ1) is 14.1. The zero-order valence-corrected chi connectivity index (χ0v) is 12.2. The van der Waals surface area contributed by atoms with Crippen LogP contribution in [-0.4, -0.2) is 25.7 Å². The summed E-state index contributed by atoms with van der Waals surface area (Å²) in [6, 6.07) is 6.45. The third kappa shape index (κ3) is 2.52. The zero-order valence-electron chi connectivity index (χ0n) is 12.2. The lowest BCUT2D eigenvalue weighted by atomic mass is 9.72. The summed E-state index contributed by atoms with van der Waals surface area (Å²) in [4.78, 5) is 12.2. The Kier molecular flexibility index (Phi) is 3.95. The second-order valence-corrected chi connectivity index (χ2v) is 5.67. The molecule has 3 nitrogen and oxygen atoms in total. The van der Waals surface area contributed by atoms with Gasteiger partial charge in [-0.15, -0.1) is 0 Å². The van der Waals surface area contributed by atoms with Gasteiger partial charge in [0.15, 0.2) is 0 Å². The number of esters is 1. The second kappa shape index (κ2) is 5.33. The molecule has 0 amide bonds. The number of rotatable bonds is 3. The number of aryl methyl sites for hydroxylation is 2. The Hall–Kier alpha value is -1.35. The molecule has 3 heteroatoms. The smallest absolute Gasteiger partial charge is 0.311 e. The SMILES string of the molecule is CCOC(=O)C1CNCC1(C)c1cc(C)ccc1C. The molecule has 1 aliphatic rings. The second-order valence-electron chi connectivity index (χ2n) is 5.67. The largest absolute Gasteiger partial charge is 0.466 e. The van der Waals surface area contributed by atoms with E-state index in [0.717, 1.165) is 6.54 Å². The number of hydrogen-bond acceptors (Lipinski definition) is 3. The molecule has 1 heterocycles. The minimum absolute atomic E-state index is 0.0871. The van der Waals surface area contributed by atoms with E-state index in [9.17, 15) is 4.79 Å². The van der Waals surface area contributed by atoms with Crippen LogP contribution in [0.15, 0.2) is 18.2 Å². The summed E-state index contributed by atoms with van der Waals surface area (Å²) in [7, 11) is 0. The van der Waals surface area contributed by atoms with Crippen molar-refractivity contribution < 1.29 is 9.53 Å². The lowest BCUT2D eigenvalue weighted by molar-refractivity contribution is -0.149. The molecule has 0 saturated carbocycles. The molecule has 1 aromatic rings. The lowest BCUT2D eigenvalue weighted by Gasteiger charge is -2.31. The number of benzene rings is 1. The molecule has 2 atom stereocenters. The molecule has 104 valence electrons. The molecule has 1 aromatic carbocycles. The maximum absolute atomic E-state index is 12.2. The molecule has 2 rings (SSSR count). The minimum Gasteiger partial charge on any atom is -0.466 e. The summed E-state index contributed by atoms with van der Waals surface area (Å²) >= 11 is 0. The molecule has 0 spiro atoms. The van der Waals surface area contributed by atoms with Gasteiger partial charge in [0.25, 0.3) is 0 Å². The maximum Gasteiger partial charge on any atom is 0.311 e. The normalized spacial score (nSPS) is 26.4. The highest BCUT2D eigenvalue weighted by Crippen LogP contribution is 2.38. The van der Waals surface area contributed by atoms with Gasteiger partial charge < -0.3 is 10.1 Å². The van der Waals surface area contributed by atoms with Gasteiger partial charge in [-0.05, 0) is 31.9 Å². The topological polar surface area (TPSA) is 38.3 Å². The number of hydrogen-bond donors (Lipinski definition) is 1. The van der Waals surface area contributed by atoms with Gasteiger partial charge in [-0.25, -0.2) is 0 Å². The average molecular weight is 261 g/mol. The number of carbonyl (C=O) groups excluding carboxylic acids is 1. The Labute approximate surface area is 115 Å². The summed E-state index contributed by atoms with van der Waals surface area (Å²) in [6.07, 6.45) is 0. The molecular weight excluding hydrogens is 238 g/mol.